The van der Waals surface area contributed by atoms with Crippen molar-refractivity contribution in [2.75, 3.05) is 0 Å². The van der Waals surface area contributed by atoms with Gasteiger partial charge in [-0.05, 0) is 24.3 Å². The summed E-state index contributed by atoms with van der Waals surface area (Å²) in [7, 11) is 1.55. The van der Waals surface area contributed by atoms with Gasteiger partial charge in [0.15, 0.2) is 5.82 Å². The molecule has 2 aromatic heterocycles. The fourth-order valence-electron chi connectivity index (χ4n) is 1.76. The molecule has 5 nitrogen and oxygen atoms in total. The highest BCUT2D eigenvalue weighted by Gasteiger charge is 2.06. The molecular weight excluding hydrogens is 235 g/mol. The summed E-state index contributed by atoms with van der Waals surface area (Å²) in [6.07, 6.45) is 1.60. The molecule has 0 atom stereocenters. The zero-order valence-electron chi connectivity index (χ0n) is 9.51. The molecule has 0 saturated carbocycles. The van der Waals surface area contributed by atoms with Crippen molar-refractivity contribution in [2.45, 2.75) is 0 Å². The van der Waals surface area contributed by atoms with E-state index in [1.165, 1.54) is 16.8 Å². The first-order valence-corrected chi connectivity index (χ1v) is 5.32. The Morgan fingerprint density at radius 1 is 1.33 bits per heavy atom. The third kappa shape index (κ3) is 1.67. The maximum Gasteiger partial charge on any atom is 0.343 e. The molecule has 0 radical (unpaired) electrons. The van der Waals surface area contributed by atoms with Gasteiger partial charge in [-0.3, -0.25) is 9.97 Å². The lowest BCUT2D eigenvalue weighted by molar-refractivity contribution is 0.629. The molecule has 18 heavy (non-hydrogen) atoms. The predicted molar refractivity (Wildman–Crippen MR) is 64.5 cm³/mol. The van der Waals surface area contributed by atoms with Gasteiger partial charge in [-0.15, -0.1) is 0 Å². The summed E-state index contributed by atoms with van der Waals surface area (Å²) in [5.41, 5.74) is 1.04. The standard InChI is InChI=1S/C12H9FN4O/c1-17-12(18)15-11(16-17)8-4-7-5-9(13)2-3-10(7)14-6-8/h2-6H,1H3,(H,15,16,18). The van der Waals surface area contributed by atoms with Gasteiger partial charge in [-0.1, -0.05) is 0 Å². The minimum absolute atomic E-state index is 0.302. The van der Waals surface area contributed by atoms with Crippen molar-refractivity contribution in [1.29, 1.82) is 0 Å². The third-order valence-electron chi connectivity index (χ3n) is 2.69. The lowest BCUT2D eigenvalue weighted by Gasteiger charge is -2.00. The molecule has 0 unspecified atom stereocenters. The largest absolute Gasteiger partial charge is 0.343 e. The Morgan fingerprint density at radius 3 is 2.89 bits per heavy atom. The van der Waals surface area contributed by atoms with Gasteiger partial charge in [-0.2, -0.15) is 5.10 Å². The van der Waals surface area contributed by atoms with Gasteiger partial charge in [0.05, 0.1) is 5.52 Å². The quantitative estimate of drug-likeness (QED) is 0.704. The second-order valence-corrected chi connectivity index (χ2v) is 3.96. The Hall–Kier alpha value is -2.50. The first kappa shape index (κ1) is 10.6. The van der Waals surface area contributed by atoms with Crippen LogP contribution in [0.1, 0.15) is 0 Å². The van der Waals surface area contributed by atoms with Gasteiger partial charge in [0.1, 0.15) is 5.82 Å². The fourth-order valence-corrected chi connectivity index (χ4v) is 1.76. The molecule has 0 aliphatic carbocycles. The van der Waals surface area contributed by atoms with Crippen LogP contribution in [0.5, 0.6) is 0 Å². The number of rotatable bonds is 1. The van der Waals surface area contributed by atoms with Gasteiger partial charge in [0, 0.05) is 24.2 Å². The van der Waals surface area contributed by atoms with E-state index in [1.54, 1.807) is 25.4 Å². The number of H-pyrrole nitrogens is 1. The molecule has 3 rings (SSSR count). The first-order chi connectivity index (χ1) is 8.63. The van der Waals surface area contributed by atoms with E-state index in [2.05, 4.69) is 15.1 Å². The molecule has 0 aliphatic heterocycles. The number of hydrogen-bond acceptors (Lipinski definition) is 3. The minimum Gasteiger partial charge on any atom is -0.289 e. The van der Waals surface area contributed by atoms with Crippen LogP contribution in [-0.4, -0.2) is 19.7 Å². The lowest BCUT2D eigenvalue weighted by Crippen LogP contribution is -2.13. The average molecular weight is 244 g/mol. The number of nitrogens with one attached hydrogen (secondary N) is 1. The number of aromatic amines is 1. The molecule has 0 saturated heterocycles. The number of nitrogens with zero attached hydrogens (tertiary/aromatic N) is 3. The molecule has 0 spiro atoms. The summed E-state index contributed by atoms with van der Waals surface area (Å²) in [6, 6.07) is 6.10. The van der Waals surface area contributed by atoms with Crippen molar-refractivity contribution in [3.05, 3.63) is 46.8 Å². The summed E-state index contributed by atoms with van der Waals surface area (Å²) in [4.78, 5) is 18.1. The second kappa shape index (κ2) is 3.76. The molecule has 6 heteroatoms. The number of aromatic nitrogens is 4. The average Bonchev–Trinajstić information content (AvgIpc) is 2.69. The molecule has 1 aromatic carbocycles. The number of halogens is 1. The zero-order valence-corrected chi connectivity index (χ0v) is 9.51. The van der Waals surface area contributed by atoms with Crippen molar-refractivity contribution in [3.63, 3.8) is 0 Å². The molecule has 1 N–H and O–H groups in total. The monoisotopic (exact) mass is 244 g/mol. The molecule has 3 aromatic rings. The Labute approximate surface area is 101 Å². The Morgan fingerprint density at radius 2 is 2.17 bits per heavy atom. The van der Waals surface area contributed by atoms with Gasteiger partial charge in [0.2, 0.25) is 0 Å². The van der Waals surface area contributed by atoms with Gasteiger partial charge in [0.25, 0.3) is 0 Å². The van der Waals surface area contributed by atoms with Gasteiger partial charge in [-0.25, -0.2) is 13.9 Å². The summed E-state index contributed by atoms with van der Waals surface area (Å²) < 4.78 is 14.3. The second-order valence-electron chi connectivity index (χ2n) is 3.96. The SMILES string of the molecule is Cn1nc(-c2cnc3ccc(F)cc3c2)[nH]c1=O. The van der Waals surface area contributed by atoms with Crippen LogP contribution in [-0.2, 0) is 7.05 Å². The fraction of sp³-hybridized carbons (Fsp3) is 0.0833. The van der Waals surface area contributed by atoms with Crippen LogP contribution < -0.4 is 5.69 Å². The van der Waals surface area contributed by atoms with E-state index in [1.807, 2.05) is 0 Å². The van der Waals surface area contributed by atoms with Crippen molar-refractivity contribution < 1.29 is 4.39 Å². The lowest BCUT2D eigenvalue weighted by atomic mass is 10.1. The van der Waals surface area contributed by atoms with Crippen LogP contribution >= 0.6 is 0 Å². The molecule has 0 bridgehead atoms. The summed E-state index contributed by atoms with van der Waals surface area (Å²) >= 11 is 0. The molecule has 0 amide bonds. The Bertz CT molecular complexity index is 790. The van der Waals surface area contributed by atoms with E-state index in [-0.39, 0.29) is 11.5 Å². The van der Waals surface area contributed by atoms with Crippen molar-refractivity contribution in [1.82, 2.24) is 19.7 Å². The Balaban J connectivity index is 2.21. The van der Waals surface area contributed by atoms with Gasteiger partial charge >= 0.3 is 5.69 Å². The maximum absolute atomic E-state index is 13.1. The number of benzene rings is 1. The Kier molecular flexibility index (Phi) is 2.22. The van der Waals surface area contributed by atoms with Crippen molar-refractivity contribution >= 4 is 10.9 Å². The van der Waals surface area contributed by atoms with E-state index in [9.17, 15) is 9.18 Å². The highest BCUT2D eigenvalue weighted by Crippen LogP contribution is 2.19. The minimum atomic E-state index is -0.323. The van der Waals surface area contributed by atoms with Crippen LogP contribution in [0.15, 0.2) is 35.3 Å². The smallest absolute Gasteiger partial charge is 0.289 e. The number of pyridine rings is 1. The topological polar surface area (TPSA) is 63.6 Å². The molecule has 90 valence electrons. The first-order valence-electron chi connectivity index (χ1n) is 5.32. The highest BCUT2D eigenvalue weighted by molar-refractivity contribution is 5.82. The van der Waals surface area contributed by atoms with Crippen LogP contribution in [0, 0.1) is 5.82 Å². The maximum atomic E-state index is 13.1. The molecule has 0 fully saturated rings. The third-order valence-corrected chi connectivity index (χ3v) is 2.69. The van der Waals surface area contributed by atoms with E-state index in [0.29, 0.717) is 22.3 Å². The molecule has 0 aliphatic rings. The van der Waals surface area contributed by atoms with Crippen molar-refractivity contribution in [2.24, 2.45) is 7.05 Å². The van der Waals surface area contributed by atoms with Crippen LogP contribution in [0.4, 0.5) is 4.39 Å². The van der Waals surface area contributed by atoms with Gasteiger partial charge < -0.3 is 0 Å². The summed E-state index contributed by atoms with van der Waals surface area (Å²) in [6.45, 7) is 0. The van der Waals surface area contributed by atoms with Crippen LogP contribution in [0.3, 0.4) is 0 Å². The van der Waals surface area contributed by atoms with E-state index in [4.69, 9.17) is 0 Å². The zero-order chi connectivity index (χ0) is 12.7. The molecular formula is C12H9FN4O. The van der Waals surface area contributed by atoms with Crippen molar-refractivity contribution in [3.8, 4) is 11.4 Å². The normalized spacial score (nSPS) is 11.0. The predicted octanol–water partition coefficient (Wildman–Crippen LogP) is 1.46. The highest BCUT2D eigenvalue weighted by atomic mass is 19.1. The summed E-state index contributed by atoms with van der Waals surface area (Å²) in [5, 5.41) is 4.69. The summed E-state index contributed by atoms with van der Waals surface area (Å²) in [5.74, 6) is 0.0946. The number of hydrogen-bond donors (Lipinski definition) is 1. The van der Waals surface area contributed by atoms with E-state index < -0.39 is 0 Å². The number of aryl methyl sites for hydroxylation is 1. The van der Waals surface area contributed by atoms with E-state index in [0.717, 1.165) is 0 Å². The van der Waals surface area contributed by atoms with Crippen LogP contribution in [0.25, 0.3) is 22.3 Å². The van der Waals surface area contributed by atoms with E-state index >= 15 is 0 Å². The van der Waals surface area contributed by atoms with Crippen LogP contribution in [0.2, 0.25) is 0 Å². The molecule has 2 heterocycles. The number of fused-ring (bicyclic) bond motifs is 1.